The van der Waals surface area contributed by atoms with Crippen LogP contribution in [0.15, 0.2) is 88.9 Å². The monoisotopic (exact) mass is 538 g/mol. The number of aromatic nitrogens is 1. The number of para-hydroxylation sites is 2. The number of hydrazone groups is 1. The summed E-state index contributed by atoms with van der Waals surface area (Å²) in [4.78, 5) is 17.2. The van der Waals surface area contributed by atoms with E-state index in [1.54, 1.807) is 67.8 Å². The highest BCUT2D eigenvalue weighted by Crippen LogP contribution is 2.32. The van der Waals surface area contributed by atoms with Gasteiger partial charge in [0.2, 0.25) is 0 Å². The van der Waals surface area contributed by atoms with E-state index in [1.807, 2.05) is 6.07 Å². The molecule has 37 heavy (non-hydrogen) atoms. The number of carbonyl (C=O) groups is 1. The van der Waals surface area contributed by atoms with E-state index in [9.17, 15) is 13.2 Å². The lowest BCUT2D eigenvalue weighted by atomic mass is 10.1. The third-order valence-electron chi connectivity index (χ3n) is 5.37. The number of amides is 1. The molecule has 0 aliphatic heterocycles. The molecule has 1 amide bonds. The number of benzene rings is 3. The summed E-state index contributed by atoms with van der Waals surface area (Å²) in [7, 11) is -1.11. The minimum Gasteiger partial charge on any atom is -0.497 e. The number of carbonyl (C=O) groups excluding carboxylic acids is 1. The normalized spacial score (nSPS) is 11.4. The molecular formula is C26H23ClN4O5S. The standard InChI is InChI=1S/C26H23ClN4O5S/c1-35-20-13-12-18-14-19(26(27)29-22(18)15-20)16-28-30-25(32)17-31(23-10-6-7-11-24(23)36-2)37(33,34)21-8-4-3-5-9-21/h3-16H,17H2,1-2H3,(H,30,32)/b28-16-. The first-order valence-electron chi connectivity index (χ1n) is 11.0. The first-order chi connectivity index (χ1) is 17.8. The molecule has 0 spiro atoms. The number of halogens is 1. The molecular weight excluding hydrogens is 516 g/mol. The zero-order chi connectivity index (χ0) is 26.4. The summed E-state index contributed by atoms with van der Waals surface area (Å²) in [6.45, 7) is -0.543. The van der Waals surface area contributed by atoms with Crippen LogP contribution in [-0.4, -0.2) is 46.3 Å². The van der Waals surface area contributed by atoms with Crippen molar-refractivity contribution in [1.82, 2.24) is 10.4 Å². The molecule has 4 aromatic rings. The molecule has 1 aromatic heterocycles. The van der Waals surface area contributed by atoms with Gasteiger partial charge in [0.15, 0.2) is 0 Å². The highest BCUT2D eigenvalue weighted by atomic mass is 35.5. The topological polar surface area (TPSA) is 110 Å². The van der Waals surface area contributed by atoms with Gasteiger partial charge in [-0.15, -0.1) is 0 Å². The molecule has 0 unspecified atom stereocenters. The van der Waals surface area contributed by atoms with Gasteiger partial charge in [-0.05, 0) is 42.5 Å². The Hall–Kier alpha value is -4.15. The fourth-order valence-electron chi connectivity index (χ4n) is 3.55. The van der Waals surface area contributed by atoms with Crippen LogP contribution in [0, 0.1) is 0 Å². The van der Waals surface area contributed by atoms with Crippen LogP contribution in [0.5, 0.6) is 11.5 Å². The Morgan fingerprint density at radius 3 is 2.49 bits per heavy atom. The second-order valence-electron chi connectivity index (χ2n) is 7.72. The van der Waals surface area contributed by atoms with Gasteiger partial charge in [-0.1, -0.05) is 41.9 Å². The van der Waals surface area contributed by atoms with Gasteiger partial charge in [-0.3, -0.25) is 9.10 Å². The van der Waals surface area contributed by atoms with Gasteiger partial charge in [0.25, 0.3) is 15.9 Å². The average Bonchev–Trinajstić information content (AvgIpc) is 2.92. The fourth-order valence-corrected chi connectivity index (χ4v) is 5.20. The first kappa shape index (κ1) is 25.9. The van der Waals surface area contributed by atoms with Gasteiger partial charge >= 0.3 is 0 Å². The van der Waals surface area contributed by atoms with E-state index in [-0.39, 0.29) is 15.7 Å². The number of sulfonamides is 1. The van der Waals surface area contributed by atoms with E-state index >= 15 is 0 Å². The second kappa shape index (κ2) is 11.3. The molecule has 0 fully saturated rings. The Balaban J connectivity index is 1.57. The maximum absolute atomic E-state index is 13.5. The molecule has 0 bridgehead atoms. The minimum absolute atomic E-state index is 0.0304. The van der Waals surface area contributed by atoms with E-state index < -0.39 is 22.5 Å². The molecule has 0 saturated carbocycles. The molecule has 1 N–H and O–H groups in total. The predicted octanol–water partition coefficient (Wildman–Crippen LogP) is 4.25. The number of rotatable bonds is 9. The SMILES string of the molecule is COc1ccc2cc(/C=N\NC(=O)CN(c3ccccc3OC)S(=O)(=O)c3ccccc3)c(Cl)nc2c1. The van der Waals surface area contributed by atoms with Gasteiger partial charge in [0.1, 0.15) is 23.2 Å². The predicted molar refractivity (Wildman–Crippen MR) is 143 cm³/mol. The lowest BCUT2D eigenvalue weighted by molar-refractivity contribution is -0.119. The van der Waals surface area contributed by atoms with Crippen molar-refractivity contribution in [3.63, 3.8) is 0 Å². The zero-order valence-corrected chi connectivity index (χ0v) is 21.5. The van der Waals surface area contributed by atoms with Crippen molar-refractivity contribution >= 4 is 50.3 Å². The minimum atomic E-state index is -4.10. The number of nitrogens with zero attached hydrogens (tertiary/aromatic N) is 3. The number of nitrogens with one attached hydrogen (secondary N) is 1. The average molecular weight is 539 g/mol. The van der Waals surface area contributed by atoms with Crippen molar-refractivity contribution in [2.45, 2.75) is 4.90 Å². The maximum Gasteiger partial charge on any atom is 0.264 e. The number of ether oxygens (including phenoxy) is 2. The van der Waals surface area contributed by atoms with Gasteiger partial charge in [-0.25, -0.2) is 18.8 Å². The molecule has 0 atom stereocenters. The quantitative estimate of drug-likeness (QED) is 0.194. The van der Waals surface area contributed by atoms with Crippen LogP contribution in [-0.2, 0) is 14.8 Å². The van der Waals surface area contributed by atoms with Crippen LogP contribution in [0.4, 0.5) is 5.69 Å². The van der Waals surface area contributed by atoms with Gasteiger partial charge < -0.3 is 9.47 Å². The highest BCUT2D eigenvalue weighted by Gasteiger charge is 2.29. The van der Waals surface area contributed by atoms with E-state index in [2.05, 4.69) is 15.5 Å². The number of methoxy groups -OCH3 is 2. The summed E-state index contributed by atoms with van der Waals surface area (Å²) in [6, 6.07) is 21.5. The van der Waals surface area contributed by atoms with E-state index in [4.69, 9.17) is 21.1 Å². The van der Waals surface area contributed by atoms with Crippen LogP contribution in [0.3, 0.4) is 0 Å². The van der Waals surface area contributed by atoms with Gasteiger partial charge in [-0.2, -0.15) is 5.10 Å². The summed E-state index contributed by atoms with van der Waals surface area (Å²) in [5.41, 5.74) is 3.69. The number of hydrogen-bond acceptors (Lipinski definition) is 7. The van der Waals surface area contributed by atoms with Gasteiger partial charge in [0.05, 0.1) is 36.5 Å². The largest absolute Gasteiger partial charge is 0.497 e. The summed E-state index contributed by atoms with van der Waals surface area (Å²) in [5.74, 6) is 0.273. The van der Waals surface area contributed by atoms with E-state index in [0.29, 0.717) is 22.6 Å². The summed E-state index contributed by atoms with van der Waals surface area (Å²) in [6.07, 6.45) is 1.34. The lowest BCUT2D eigenvalue weighted by Gasteiger charge is -2.25. The lowest BCUT2D eigenvalue weighted by Crippen LogP contribution is -2.39. The van der Waals surface area contributed by atoms with E-state index in [1.165, 1.54) is 25.5 Å². The van der Waals surface area contributed by atoms with Crippen molar-refractivity contribution in [2.24, 2.45) is 5.10 Å². The number of fused-ring (bicyclic) bond motifs is 1. The van der Waals surface area contributed by atoms with Crippen LogP contribution in [0.25, 0.3) is 10.9 Å². The summed E-state index contributed by atoms with van der Waals surface area (Å²) in [5, 5.41) is 4.94. The van der Waals surface area contributed by atoms with Crippen molar-refractivity contribution in [3.8, 4) is 11.5 Å². The summed E-state index contributed by atoms with van der Waals surface area (Å²) >= 11 is 6.28. The van der Waals surface area contributed by atoms with Crippen molar-refractivity contribution in [3.05, 3.63) is 89.6 Å². The van der Waals surface area contributed by atoms with Crippen molar-refractivity contribution in [1.29, 1.82) is 0 Å². The molecule has 1 heterocycles. The van der Waals surface area contributed by atoms with Crippen LogP contribution < -0.4 is 19.2 Å². The molecule has 3 aromatic carbocycles. The van der Waals surface area contributed by atoms with Crippen LogP contribution in [0.1, 0.15) is 5.56 Å². The third-order valence-corrected chi connectivity index (χ3v) is 7.45. The van der Waals surface area contributed by atoms with Crippen molar-refractivity contribution < 1.29 is 22.7 Å². The fraction of sp³-hybridized carbons (Fsp3) is 0.115. The van der Waals surface area contributed by atoms with Crippen LogP contribution >= 0.6 is 11.6 Å². The molecule has 9 nitrogen and oxygen atoms in total. The number of pyridine rings is 1. The maximum atomic E-state index is 13.5. The first-order valence-corrected chi connectivity index (χ1v) is 12.8. The van der Waals surface area contributed by atoms with Gasteiger partial charge in [0, 0.05) is 17.0 Å². The van der Waals surface area contributed by atoms with E-state index in [0.717, 1.165) is 9.69 Å². The summed E-state index contributed by atoms with van der Waals surface area (Å²) < 4.78 is 38.5. The smallest absolute Gasteiger partial charge is 0.264 e. The molecule has 190 valence electrons. The molecule has 0 saturated heterocycles. The number of anilines is 1. The zero-order valence-electron chi connectivity index (χ0n) is 20.0. The highest BCUT2D eigenvalue weighted by molar-refractivity contribution is 7.92. The molecule has 11 heteroatoms. The van der Waals surface area contributed by atoms with Crippen LogP contribution in [0.2, 0.25) is 5.15 Å². The Bertz CT molecular complexity index is 1560. The number of hydrogen-bond donors (Lipinski definition) is 1. The molecule has 4 rings (SSSR count). The second-order valence-corrected chi connectivity index (χ2v) is 9.94. The molecule has 0 aliphatic carbocycles. The Labute approximate surface area is 219 Å². The molecule has 0 aliphatic rings. The van der Waals surface area contributed by atoms with Crippen molar-refractivity contribution in [2.75, 3.05) is 25.1 Å². The molecule has 0 radical (unpaired) electrons. The Morgan fingerprint density at radius 2 is 1.76 bits per heavy atom. The Kier molecular flexibility index (Phi) is 7.90. The third kappa shape index (κ3) is 5.82. The Morgan fingerprint density at radius 1 is 1.03 bits per heavy atom.